The Kier molecular flexibility index (Phi) is 5.71. The summed E-state index contributed by atoms with van der Waals surface area (Å²) < 4.78 is 1.04. The Bertz CT molecular complexity index is 608. The zero-order chi connectivity index (χ0) is 14.7. The molecule has 0 fully saturated rings. The monoisotopic (exact) mass is 414 g/mol. The molecule has 0 heterocycles. The molecule has 20 heavy (non-hydrogen) atoms. The topological polar surface area (TPSA) is 0 Å². The zero-order valence-corrected chi connectivity index (χ0v) is 15.5. The van der Waals surface area contributed by atoms with Gasteiger partial charge in [0.25, 0.3) is 0 Å². The Morgan fingerprint density at radius 3 is 2.35 bits per heavy atom. The van der Waals surface area contributed by atoms with Gasteiger partial charge in [0.05, 0.1) is 4.83 Å². The smallest absolute Gasteiger partial charge is 0.0659 e. The molecule has 0 radical (unpaired) electrons. The second-order valence-electron chi connectivity index (χ2n) is 4.76. The van der Waals surface area contributed by atoms with Crippen LogP contribution in [0.3, 0.4) is 0 Å². The Morgan fingerprint density at radius 2 is 1.70 bits per heavy atom. The van der Waals surface area contributed by atoms with Crippen molar-refractivity contribution in [3.8, 4) is 0 Å². The summed E-state index contributed by atoms with van der Waals surface area (Å²) >= 11 is 13.6. The van der Waals surface area contributed by atoms with Crippen molar-refractivity contribution in [1.82, 2.24) is 0 Å². The first-order valence-electron chi connectivity index (χ1n) is 6.77. The number of hydrogen-bond donors (Lipinski definition) is 0. The van der Waals surface area contributed by atoms with E-state index in [1.54, 1.807) is 0 Å². The van der Waals surface area contributed by atoms with Gasteiger partial charge >= 0.3 is 0 Å². The summed E-state index contributed by atoms with van der Waals surface area (Å²) in [4.78, 5) is 0.115. The van der Waals surface area contributed by atoms with Crippen LogP contribution in [-0.2, 0) is 12.8 Å². The quantitative estimate of drug-likeness (QED) is 0.486. The molecular weight excluding hydrogens is 399 g/mol. The van der Waals surface area contributed by atoms with Crippen LogP contribution in [0.15, 0.2) is 40.9 Å². The van der Waals surface area contributed by atoms with Crippen LogP contribution in [-0.4, -0.2) is 0 Å². The highest BCUT2D eigenvalue weighted by Crippen LogP contribution is 2.37. The van der Waals surface area contributed by atoms with E-state index in [4.69, 9.17) is 11.6 Å². The van der Waals surface area contributed by atoms with E-state index in [-0.39, 0.29) is 4.83 Å². The highest BCUT2D eigenvalue weighted by Gasteiger charge is 2.15. The standard InChI is InChI=1S/C17H17Br2Cl/c1-3-11-5-6-13(9-12(11)4-2)17(19)15-10-14(18)7-8-16(15)20/h5-10,17H,3-4H2,1-2H3. The van der Waals surface area contributed by atoms with Crippen LogP contribution in [0, 0.1) is 0 Å². The molecule has 0 nitrogen and oxygen atoms in total. The van der Waals surface area contributed by atoms with Gasteiger partial charge in [-0.15, -0.1) is 0 Å². The van der Waals surface area contributed by atoms with E-state index in [2.05, 4.69) is 70.0 Å². The first kappa shape index (κ1) is 16.1. The molecule has 0 bridgehead atoms. The third-order valence-corrected chi connectivity index (χ3v) is 5.38. The molecule has 0 aliphatic carbocycles. The van der Waals surface area contributed by atoms with E-state index in [0.29, 0.717) is 0 Å². The molecule has 0 spiro atoms. The normalized spacial score (nSPS) is 12.4. The van der Waals surface area contributed by atoms with Gasteiger partial charge in [0, 0.05) is 9.50 Å². The van der Waals surface area contributed by atoms with Crippen LogP contribution in [0.1, 0.15) is 40.9 Å². The van der Waals surface area contributed by atoms with Gasteiger partial charge in [-0.05, 0) is 53.3 Å². The molecule has 0 N–H and O–H groups in total. The maximum atomic E-state index is 6.32. The third kappa shape index (κ3) is 3.47. The van der Waals surface area contributed by atoms with Crippen LogP contribution < -0.4 is 0 Å². The predicted octanol–water partition coefficient (Wildman–Crippen LogP) is 6.71. The largest absolute Gasteiger partial charge is 0.0840 e. The number of halogens is 3. The van der Waals surface area contributed by atoms with Crippen molar-refractivity contribution in [3.63, 3.8) is 0 Å². The van der Waals surface area contributed by atoms with E-state index in [1.807, 2.05) is 12.1 Å². The lowest BCUT2D eigenvalue weighted by atomic mass is 9.96. The number of hydrogen-bond acceptors (Lipinski definition) is 0. The van der Waals surface area contributed by atoms with Crippen molar-refractivity contribution in [2.24, 2.45) is 0 Å². The summed E-state index contributed by atoms with van der Waals surface area (Å²) in [6, 6.07) is 12.7. The molecule has 0 saturated carbocycles. The van der Waals surface area contributed by atoms with E-state index in [9.17, 15) is 0 Å². The van der Waals surface area contributed by atoms with Gasteiger partial charge in [-0.1, -0.05) is 75.5 Å². The van der Waals surface area contributed by atoms with Crippen molar-refractivity contribution in [1.29, 1.82) is 0 Å². The summed E-state index contributed by atoms with van der Waals surface area (Å²) in [5.41, 5.74) is 5.18. The minimum atomic E-state index is 0.115. The van der Waals surface area contributed by atoms with E-state index in [1.165, 1.54) is 16.7 Å². The van der Waals surface area contributed by atoms with Crippen molar-refractivity contribution < 1.29 is 0 Å². The van der Waals surface area contributed by atoms with Gasteiger partial charge in [-0.3, -0.25) is 0 Å². The fraction of sp³-hybridized carbons (Fsp3) is 0.294. The fourth-order valence-electron chi connectivity index (χ4n) is 2.37. The van der Waals surface area contributed by atoms with Gasteiger partial charge in [-0.25, -0.2) is 0 Å². The molecule has 106 valence electrons. The SMILES string of the molecule is CCc1ccc(C(Br)c2cc(Br)ccc2Cl)cc1CC. The summed E-state index contributed by atoms with van der Waals surface area (Å²) in [5.74, 6) is 0. The van der Waals surface area contributed by atoms with Crippen LogP contribution in [0.2, 0.25) is 5.02 Å². The summed E-state index contributed by atoms with van der Waals surface area (Å²) in [5, 5.41) is 0.785. The molecule has 3 heteroatoms. The summed E-state index contributed by atoms with van der Waals surface area (Å²) in [7, 11) is 0. The van der Waals surface area contributed by atoms with Crippen LogP contribution in [0.25, 0.3) is 0 Å². The molecule has 1 unspecified atom stereocenters. The predicted molar refractivity (Wildman–Crippen MR) is 95.1 cm³/mol. The molecule has 1 atom stereocenters. The Morgan fingerprint density at radius 1 is 1.00 bits per heavy atom. The van der Waals surface area contributed by atoms with Crippen LogP contribution >= 0.6 is 43.5 Å². The lowest BCUT2D eigenvalue weighted by molar-refractivity contribution is 1.02. The lowest BCUT2D eigenvalue weighted by Crippen LogP contribution is -1.98. The second-order valence-corrected chi connectivity index (χ2v) is 7.00. The second kappa shape index (κ2) is 7.11. The van der Waals surface area contributed by atoms with Crippen molar-refractivity contribution in [2.45, 2.75) is 31.5 Å². The minimum absolute atomic E-state index is 0.115. The molecule has 0 aliphatic rings. The average molecular weight is 417 g/mol. The molecule has 0 amide bonds. The molecule has 0 aliphatic heterocycles. The number of rotatable bonds is 4. The van der Waals surface area contributed by atoms with E-state index >= 15 is 0 Å². The van der Waals surface area contributed by atoms with Gasteiger partial charge in [0.15, 0.2) is 0 Å². The van der Waals surface area contributed by atoms with Crippen LogP contribution in [0.4, 0.5) is 0 Å². The Balaban J connectivity index is 2.42. The first-order valence-corrected chi connectivity index (χ1v) is 8.86. The fourth-order valence-corrected chi connectivity index (χ4v) is 3.77. The molecule has 0 aromatic heterocycles. The van der Waals surface area contributed by atoms with Gasteiger partial charge in [-0.2, -0.15) is 0 Å². The molecule has 2 aromatic carbocycles. The Hall–Kier alpha value is -0.310. The number of aryl methyl sites for hydroxylation is 2. The maximum absolute atomic E-state index is 6.32. The van der Waals surface area contributed by atoms with Gasteiger partial charge in [0.2, 0.25) is 0 Å². The number of benzene rings is 2. The highest BCUT2D eigenvalue weighted by molar-refractivity contribution is 9.10. The van der Waals surface area contributed by atoms with Gasteiger partial charge < -0.3 is 0 Å². The molecule has 2 aromatic rings. The zero-order valence-electron chi connectivity index (χ0n) is 11.6. The van der Waals surface area contributed by atoms with Crippen LogP contribution in [0.5, 0.6) is 0 Å². The number of alkyl halides is 1. The van der Waals surface area contributed by atoms with E-state index < -0.39 is 0 Å². The summed E-state index contributed by atoms with van der Waals surface area (Å²) in [6.45, 7) is 4.40. The molecule has 2 rings (SSSR count). The Labute approximate surface area is 142 Å². The van der Waals surface area contributed by atoms with Gasteiger partial charge in [0.1, 0.15) is 0 Å². The summed E-state index contributed by atoms with van der Waals surface area (Å²) in [6.07, 6.45) is 2.14. The maximum Gasteiger partial charge on any atom is 0.0659 e. The first-order chi connectivity index (χ1) is 9.56. The third-order valence-electron chi connectivity index (χ3n) is 3.52. The van der Waals surface area contributed by atoms with E-state index in [0.717, 1.165) is 27.9 Å². The lowest BCUT2D eigenvalue weighted by Gasteiger charge is -2.16. The van der Waals surface area contributed by atoms with Crippen molar-refractivity contribution in [3.05, 3.63) is 68.1 Å². The molecular formula is C17H17Br2Cl. The molecule has 0 saturated heterocycles. The van der Waals surface area contributed by atoms with Crippen molar-refractivity contribution >= 4 is 43.5 Å². The minimum Gasteiger partial charge on any atom is -0.0840 e. The average Bonchev–Trinajstić information content (AvgIpc) is 2.48. The van der Waals surface area contributed by atoms with Crippen molar-refractivity contribution in [2.75, 3.05) is 0 Å². The highest BCUT2D eigenvalue weighted by atomic mass is 79.9.